The van der Waals surface area contributed by atoms with Gasteiger partial charge in [0.1, 0.15) is 5.75 Å². The topological polar surface area (TPSA) is 84.1 Å². The molecule has 1 aromatic heterocycles. The molecule has 0 atom stereocenters. The SMILES string of the molecule is COc1ccc(NC(=O)CSc2nc(C)cc(=O)[nH]2)c(C)c1. The van der Waals surface area contributed by atoms with Crippen molar-refractivity contribution in [1.29, 1.82) is 0 Å². The van der Waals surface area contributed by atoms with Gasteiger partial charge in [-0.2, -0.15) is 0 Å². The Bertz CT molecular complexity index is 743. The molecule has 0 fully saturated rings. The highest BCUT2D eigenvalue weighted by molar-refractivity contribution is 7.99. The number of benzene rings is 1. The van der Waals surface area contributed by atoms with Gasteiger partial charge >= 0.3 is 0 Å². The highest BCUT2D eigenvalue weighted by Gasteiger charge is 2.08. The van der Waals surface area contributed by atoms with E-state index in [1.54, 1.807) is 26.2 Å². The highest BCUT2D eigenvalue weighted by Crippen LogP contribution is 2.21. The summed E-state index contributed by atoms with van der Waals surface area (Å²) in [4.78, 5) is 30.1. The van der Waals surface area contributed by atoms with E-state index in [1.807, 2.05) is 13.0 Å². The van der Waals surface area contributed by atoms with Crippen LogP contribution in [-0.2, 0) is 4.79 Å². The van der Waals surface area contributed by atoms with Gasteiger partial charge in [-0.1, -0.05) is 11.8 Å². The largest absolute Gasteiger partial charge is 0.497 e. The Morgan fingerprint density at radius 2 is 2.14 bits per heavy atom. The summed E-state index contributed by atoms with van der Waals surface area (Å²) in [6.07, 6.45) is 0. The number of nitrogens with zero attached hydrogens (tertiary/aromatic N) is 1. The van der Waals surface area contributed by atoms with Crippen LogP contribution in [0.5, 0.6) is 5.75 Å². The number of thioether (sulfide) groups is 1. The molecule has 0 radical (unpaired) electrons. The predicted molar refractivity (Wildman–Crippen MR) is 86.7 cm³/mol. The Morgan fingerprint density at radius 1 is 1.36 bits per heavy atom. The number of ether oxygens (including phenoxy) is 1. The van der Waals surface area contributed by atoms with Crippen molar-refractivity contribution in [2.45, 2.75) is 19.0 Å². The van der Waals surface area contributed by atoms with E-state index >= 15 is 0 Å². The molecule has 0 saturated heterocycles. The minimum absolute atomic E-state index is 0.164. The van der Waals surface area contributed by atoms with E-state index in [0.29, 0.717) is 10.9 Å². The minimum Gasteiger partial charge on any atom is -0.497 e. The lowest BCUT2D eigenvalue weighted by atomic mass is 10.2. The van der Waals surface area contributed by atoms with Gasteiger partial charge in [0.05, 0.1) is 12.9 Å². The number of aromatic amines is 1. The van der Waals surface area contributed by atoms with Crippen LogP contribution in [0.25, 0.3) is 0 Å². The zero-order chi connectivity index (χ0) is 16.1. The Hall–Kier alpha value is -2.28. The van der Waals surface area contributed by atoms with Crippen molar-refractivity contribution in [3.8, 4) is 5.75 Å². The van der Waals surface area contributed by atoms with Crippen LogP contribution in [0.4, 0.5) is 5.69 Å². The number of rotatable bonds is 5. The van der Waals surface area contributed by atoms with E-state index in [4.69, 9.17) is 4.74 Å². The molecule has 0 spiro atoms. The van der Waals surface area contributed by atoms with Crippen LogP contribution in [0, 0.1) is 13.8 Å². The number of hydrogen-bond acceptors (Lipinski definition) is 5. The first-order valence-electron chi connectivity index (χ1n) is 6.63. The van der Waals surface area contributed by atoms with Gasteiger partial charge in [0, 0.05) is 17.4 Å². The van der Waals surface area contributed by atoms with Gasteiger partial charge in [-0.25, -0.2) is 4.98 Å². The molecular formula is C15H17N3O3S. The second kappa shape index (κ2) is 7.13. The van der Waals surface area contributed by atoms with Gasteiger partial charge in [0.2, 0.25) is 5.91 Å². The number of aromatic nitrogens is 2. The summed E-state index contributed by atoms with van der Waals surface area (Å²) >= 11 is 1.19. The molecule has 1 aromatic carbocycles. The first kappa shape index (κ1) is 16.1. The van der Waals surface area contributed by atoms with Crippen LogP contribution < -0.4 is 15.6 Å². The van der Waals surface area contributed by atoms with Crippen molar-refractivity contribution in [3.05, 3.63) is 45.9 Å². The second-order valence-corrected chi connectivity index (χ2v) is 5.67. The van der Waals surface area contributed by atoms with E-state index in [2.05, 4.69) is 15.3 Å². The lowest BCUT2D eigenvalue weighted by molar-refractivity contribution is -0.113. The molecule has 0 aliphatic rings. The fraction of sp³-hybridized carbons (Fsp3) is 0.267. The Labute approximate surface area is 132 Å². The van der Waals surface area contributed by atoms with Crippen LogP contribution in [-0.4, -0.2) is 28.7 Å². The van der Waals surface area contributed by atoms with Crippen molar-refractivity contribution >= 4 is 23.4 Å². The summed E-state index contributed by atoms with van der Waals surface area (Å²) in [7, 11) is 1.60. The van der Waals surface area contributed by atoms with Crippen molar-refractivity contribution in [3.63, 3.8) is 0 Å². The van der Waals surface area contributed by atoms with Gasteiger partial charge < -0.3 is 15.0 Å². The third kappa shape index (κ3) is 4.36. The summed E-state index contributed by atoms with van der Waals surface area (Å²) in [5.41, 5.74) is 2.05. The predicted octanol–water partition coefficient (Wildman–Crippen LogP) is 2.13. The molecule has 1 amide bonds. The zero-order valence-electron chi connectivity index (χ0n) is 12.6. The summed E-state index contributed by atoms with van der Waals surface area (Å²) in [6.45, 7) is 3.63. The zero-order valence-corrected chi connectivity index (χ0v) is 13.4. The van der Waals surface area contributed by atoms with Gasteiger partial charge in [-0.15, -0.1) is 0 Å². The van der Waals surface area contributed by atoms with Gasteiger partial charge in [0.15, 0.2) is 5.16 Å². The lowest BCUT2D eigenvalue weighted by Crippen LogP contribution is -2.16. The van der Waals surface area contributed by atoms with E-state index in [-0.39, 0.29) is 17.2 Å². The molecule has 7 heteroatoms. The summed E-state index contributed by atoms with van der Waals surface area (Å²) in [5, 5.41) is 3.26. The van der Waals surface area contributed by atoms with Crippen LogP contribution in [0.15, 0.2) is 34.2 Å². The first-order valence-corrected chi connectivity index (χ1v) is 7.62. The number of amides is 1. The van der Waals surface area contributed by atoms with E-state index in [1.165, 1.54) is 17.8 Å². The van der Waals surface area contributed by atoms with Crippen molar-refractivity contribution in [2.24, 2.45) is 0 Å². The number of hydrogen-bond donors (Lipinski definition) is 2. The molecule has 2 rings (SSSR count). The van der Waals surface area contributed by atoms with Crippen LogP contribution >= 0.6 is 11.8 Å². The van der Waals surface area contributed by atoms with E-state index in [9.17, 15) is 9.59 Å². The molecule has 0 saturated carbocycles. The van der Waals surface area contributed by atoms with E-state index < -0.39 is 0 Å². The Kier molecular flexibility index (Phi) is 5.21. The third-order valence-corrected chi connectivity index (χ3v) is 3.77. The maximum absolute atomic E-state index is 12.0. The monoisotopic (exact) mass is 319 g/mol. The number of aryl methyl sites for hydroxylation is 2. The van der Waals surface area contributed by atoms with Crippen LogP contribution in [0.1, 0.15) is 11.3 Å². The van der Waals surface area contributed by atoms with Crippen molar-refractivity contribution in [2.75, 3.05) is 18.2 Å². The maximum atomic E-state index is 12.0. The second-order valence-electron chi connectivity index (χ2n) is 4.71. The van der Waals surface area contributed by atoms with E-state index in [0.717, 1.165) is 17.0 Å². The molecule has 0 unspecified atom stereocenters. The molecule has 1 heterocycles. The number of H-pyrrole nitrogens is 1. The summed E-state index contributed by atoms with van der Waals surface area (Å²) < 4.78 is 5.12. The summed E-state index contributed by atoms with van der Waals surface area (Å²) in [5.74, 6) is 0.742. The standard InChI is InChI=1S/C15H17N3O3S/c1-9-6-11(21-3)4-5-12(9)17-14(20)8-22-15-16-10(2)7-13(19)18-15/h4-7H,8H2,1-3H3,(H,17,20)(H,16,18,19). The van der Waals surface area contributed by atoms with Gasteiger partial charge in [-0.3, -0.25) is 9.59 Å². The molecule has 116 valence electrons. The quantitative estimate of drug-likeness (QED) is 0.651. The molecule has 22 heavy (non-hydrogen) atoms. The highest BCUT2D eigenvalue weighted by atomic mass is 32.2. The van der Waals surface area contributed by atoms with Crippen molar-refractivity contribution < 1.29 is 9.53 Å². The molecule has 2 N–H and O–H groups in total. The third-order valence-electron chi connectivity index (χ3n) is 2.90. The number of carbonyl (C=O) groups excluding carboxylic acids is 1. The lowest BCUT2D eigenvalue weighted by Gasteiger charge is -2.09. The fourth-order valence-corrected chi connectivity index (χ4v) is 2.56. The molecule has 0 aliphatic heterocycles. The average Bonchev–Trinajstić information content (AvgIpc) is 2.46. The minimum atomic E-state index is -0.221. The van der Waals surface area contributed by atoms with Crippen LogP contribution in [0.2, 0.25) is 0 Å². The molecular weight excluding hydrogens is 302 g/mol. The first-order chi connectivity index (χ1) is 10.5. The maximum Gasteiger partial charge on any atom is 0.251 e. The Balaban J connectivity index is 1.97. The van der Waals surface area contributed by atoms with Crippen LogP contribution in [0.3, 0.4) is 0 Å². The van der Waals surface area contributed by atoms with Crippen molar-refractivity contribution in [1.82, 2.24) is 9.97 Å². The molecule has 0 bridgehead atoms. The molecule has 0 aliphatic carbocycles. The number of anilines is 1. The molecule has 6 nitrogen and oxygen atoms in total. The fourth-order valence-electron chi connectivity index (χ4n) is 1.84. The van der Waals surface area contributed by atoms with Gasteiger partial charge in [0.25, 0.3) is 5.56 Å². The molecule has 2 aromatic rings. The normalized spacial score (nSPS) is 10.3. The van der Waals surface area contributed by atoms with Gasteiger partial charge in [-0.05, 0) is 37.6 Å². The number of carbonyl (C=O) groups is 1. The number of nitrogens with one attached hydrogen (secondary N) is 2. The average molecular weight is 319 g/mol. The number of methoxy groups -OCH3 is 1. The smallest absolute Gasteiger partial charge is 0.251 e. The Morgan fingerprint density at radius 3 is 2.77 bits per heavy atom. The summed E-state index contributed by atoms with van der Waals surface area (Å²) in [6, 6.07) is 6.84.